The Hall–Kier alpha value is -1.02. The number of hydrogen-bond acceptors (Lipinski definition) is 2. The predicted octanol–water partition coefficient (Wildman–Crippen LogP) is 3.52. The molecule has 0 aliphatic carbocycles. The van der Waals surface area contributed by atoms with Crippen molar-refractivity contribution in [3.8, 4) is 5.75 Å². The van der Waals surface area contributed by atoms with E-state index in [0.717, 1.165) is 18.6 Å². The molecule has 1 aromatic carbocycles. The first kappa shape index (κ1) is 13.0. The Bertz CT molecular complexity index is 307. The highest BCUT2D eigenvalue weighted by Crippen LogP contribution is 2.27. The van der Waals surface area contributed by atoms with Crippen LogP contribution in [0.3, 0.4) is 0 Å². The molecule has 1 unspecified atom stereocenters. The van der Waals surface area contributed by atoms with E-state index in [1.165, 1.54) is 5.56 Å². The SMILES string of the molecule is CCOc1cccc(C(N)C(CC)CC)c1. The Balaban J connectivity index is 2.81. The van der Waals surface area contributed by atoms with Crippen LogP contribution in [-0.4, -0.2) is 6.61 Å². The summed E-state index contributed by atoms with van der Waals surface area (Å²) in [5.74, 6) is 1.47. The van der Waals surface area contributed by atoms with E-state index < -0.39 is 0 Å². The topological polar surface area (TPSA) is 35.2 Å². The van der Waals surface area contributed by atoms with Crippen molar-refractivity contribution in [3.05, 3.63) is 29.8 Å². The van der Waals surface area contributed by atoms with Crippen molar-refractivity contribution in [1.82, 2.24) is 0 Å². The largest absolute Gasteiger partial charge is 0.494 e. The van der Waals surface area contributed by atoms with Gasteiger partial charge in [0.2, 0.25) is 0 Å². The van der Waals surface area contributed by atoms with Gasteiger partial charge in [0.1, 0.15) is 5.75 Å². The van der Waals surface area contributed by atoms with Crippen molar-refractivity contribution in [1.29, 1.82) is 0 Å². The highest BCUT2D eigenvalue weighted by Gasteiger charge is 2.16. The fourth-order valence-electron chi connectivity index (χ4n) is 2.05. The van der Waals surface area contributed by atoms with E-state index in [1.807, 2.05) is 19.1 Å². The third kappa shape index (κ3) is 3.24. The van der Waals surface area contributed by atoms with Crippen molar-refractivity contribution >= 4 is 0 Å². The summed E-state index contributed by atoms with van der Waals surface area (Å²) >= 11 is 0. The summed E-state index contributed by atoms with van der Waals surface area (Å²) in [5, 5.41) is 0. The maximum Gasteiger partial charge on any atom is 0.119 e. The molecule has 16 heavy (non-hydrogen) atoms. The van der Waals surface area contributed by atoms with Gasteiger partial charge in [0.15, 0.2) is 0 Å². The molecule has 0 spiro atoms. The molecule has 0 saturated heterocycles. The summed E-state index contributed by atoms with van der Waals surface area (Å²) in [5.41, 5.74) is 7.45. The van der Waals surface area contributed by atoms with Crippen LogP contribution in [0.2, 0.25) is 0 Å². The van der Waals surface area contributed by atoms with E-state index in [-0.39, 0.29) is 6.04 Å². The normalized spacial score (nSPS) is 12.8. The molecule has 1 aromatic rings. The average Bonchev–Trinajstić information content (AvgIpc) is 2.31. The van der Waals surface area contributed by atoms with Gasteiger partial charge in [0, 0.05) is 6.04 Å². The molecule has 0 aliphatic rings. The summed E-state index contributed by atoms with van der Waals surface area (Å²) in [6.45, 7) is 7.08. The molecule has 0 aromatic heterocycles. The molecule has 0 bridgehead atoms. The van der Waals surface area contributed by atoms with Crippen molar-refractivity contribution < 1.29 is 4.74 Å². The fraction of sp³-hybridized carbons (Fsp3) is 0.571. The number of nitrogens with two attached hydrogens (primary N) is 1. The van der Waals surface area contributed by atoms with E-state index >= 15 is 0 Å². The monoisotopic (exact) mass is 221 g/mol. The Morgan fingerprint density at radius 1 is 1.19 bits per heavy atom. The summed E-state index contributed by atoms with van der Waals surface area (Å²) in [6, 6.07) is 8.27. The molecule has 0 heterocycles. The highest BCUT2D eigenvalue weighted by molar-refractivity contribution is 5.30. The van der Waals surface area contributed by atoms with E-state index in [1.54, 1.807) is 0 Å². The molecule has 2 heteroatoms. The smallest absolute Gasteiger partial charge is 0.119 e. The molecule has 2 nitrogen and oxygen atoms in total. The third-order valence-electron chi connectivity index (χ3n) is 3.11. The predicted molar refractivity (Wildman–Crippen MR) is 68.6 cm³/mol. The summed E-state index contributed by atoms with van der Waals surface area (Å²) < 4.78 is 5.49. The molecule has 0 aliphatic heterocycles. The second-order valence-electron chi connectivity index (χ2n) is 4.11. The molecule has 0 saturated carbocycles. The second kappa shape index (κ2) is 6.54. The van der Waals surface area contributed by atoms with E-state index in [4.69, 9.17) is 10.5 Å². The molecule has 0 fully saturated rings. The Labute approximate surface area is 98.8 Å². The van der Waals surface area contributed by atoms with Gasteiger partial charge in [-0.1, -0.05) is 38.8 Å². The first-order valence-electron chi connectivity index (χ1n) is 6.21. The van der Waals surface area contributed by atoms with Crippen LogP contribution in [0, 0.1) is 5.92 Å². The van der Waals surface area contributed by atoms with Crippen LogP contribution in [0.4, 0.5) is 0 Å². The van der Waals surface area contributed by atoms with Gasteiger partial charge in [-0.3, -0.25) is 0 Å². The quantitative estimate of drug-likeness (QED) is 0.797. The molecule has 1 rings (SSSR count). The van der Waals surface area contributed by atoms with Crippen molar-refractivity contribution in [3.63, 3.8) is 0 Å². The van der Waals surface area contributed by atoms with Gasteiger partial charge in [-0.25, -0.2) is 0 Å². The summed E-state index contributed by atoms with van der Waals surface area (Å²) in [4.78, 5) is 0. The van der Waals surface area contributed by atoms with Crippen molar-refractivity contribution in [2.75, 3.05) is 6.61 Å². The molecule has 1 atom stereocenters. The Morgan fingerprint density at radius 3 is 2.44 bits per heavy atom. The van der Waals surface area contributed by atoms with E-state index in [0.29, 0.717) is 12.5 Å². The molecular weight excluding hydrogens is 198 g/mol. The first-order valence-corrected chi connectivity index (χ1v) is 6.21. The first-order chi connectivity index (χ1) is 7.72. The van der Waals surface area contributed by atoms with Crippen molar-refractivity contribution in [2.24, 2.45) is 11.7 Å². The standard InChI is InChI=1S/C14H23NO/c1-4-11(5-2)14(15)12-8-7-9-13(10-12)16-6-3/h7-11,14H,4-6,15H2,1-3H3. The minimum absolute atomic E-state index is 0.121. The summed E-state index contributed by atoms with van der Waals surface area (Å²) in [6.07, 6.45) is 2.24. The molecular formula is C14H23NO. The van der Waals surface area contributed by atoms with Gasteiger partial charge in [0.05, 0.1) is 6.61 Å². The van der Waals surface area contributed by atoms with Crippen LogP contribution in [0.15, 0.2) is 24.3 Å². The number of ether oxygens (including phenoxy) is 1. The lowest BCUT2D eigenvalue weighted by atomic mass is 9.89. The maximum absolute atomic E-state index is 6.27. The Kier molecular flexibility index (Phi) is 5.33. The van der Waals surface area contributed by atoms with Crippen molar-refractivity contribution in [2.45, 2.75) is 39.7 Å². The van der Waals surface area contributed by atoms with Crippen LogP contribution < -0.4 is 10.5 Å². The minimum Gasteiger partial charge on any atom is -0.494 e. The van der Waals surface area contributed by atoms with Gasteiger partial charge >= 0.3 is 0 Å². The lowest BCUT2D eigenvalue weighted by molar-refractivity contribution is 0.338. The highest BCUT2D eigenvalue weighted by atomic mass is 16.5. The van der Waals surface area contributed by atoms with Crippen LogP contribution in [0.5, 0.6) is 5.75 Å². The average molecular weight is 221 g/mol. The fourth-order valence-corrected chi connectivity index (χ4v) is 2.05. The van der Waals surface area contributed by atoms with E-state index in [2.05, 4.69) is 26.0 Å². The van der Waals surface area contributed by atoms with E-state index in [9.17, 15) is 0 Å². The Morgan fingerprint density at radius 2 is 1.88 bits per heavy atom. The van der Waals surface area contributed by atoms with Crippen LogP contribution in [0.25, 0.3) is 0 Å². The van der Waals surface area contributed by atoms with Gasteiger partial charge in [-0.2, -0.15) is 0 Å². The molecule has 2 N–H and O–H groups in total. The number of hydrogen-bond donors (Lipinski definition) is 1. The number of benzene rings is 1. The van der Waals surface area contributed by atoms with Gasteiger partial charge in [-0.15, -0.1) is 0 Å². The molecule has 0 radical (unpaired) electrons. The van der Waals surface area contributed by atoms with Gasteiger partial charge in [0.25, 0.3) is 0 Å². The van der Waals surface area contributed by atoms with Crippen LogP contribution in [0.1, 0.15) is 45.2 Å². The van der Waals surface area contributed by atoms with Crippen LogP contribution >= 0.6 is 0 Å². The zero-order valence-corrected chi connectivity index (χ0v) is 10.6. The summed E-state index contributed by atoms with van der Waals surface area (Å²) in [7, 11) is 0. The number of rotatable bonds is 6. The van der Waals surface area contributed by atoms with Crippen LogP contribution in [-0.2, 0) is 0 Å². The third-order valence-corrected chi connectivity index (χ3v) is 3.11. The maximum atomic E-state index is 6.27. The zero-order valence-electron chi connectivity index (χ0n) is 10.6. The van der Waals surface area contributed by atoms with Gasteiger partial charge in [-0.05, 0) is 30.5 Å². The lowest BCUT2D eigenvalue weighted by Gasteiger charge is -2.22. The molecule has 0 amide bonds. The zero-order chi connectivity index (χ0) is 12.0. The minimum atomic E-state index is 0.121. The lowest BCUT2D eigenvalue weighted by Crippen LogP contribution is -2.20. The van der Waals surface area contributed by atoms with Gasteiger partial charge < -0.3 is 10.5 Å². The molecule has 90 valence electrons. The second-order valence-corrected chi connectivity index (χ2v) is 4.11.